The lowest BCUT2D eigenvalue weighted by atomic mass is 9.96. The van der Waals surface area contributed by atoms with E-state index in [1.165, 1.54) is 37.1 Å². The van der Waals surface area contributed by atoms with Crippen LogP contribution in [0.15, 0.2) is 65.6 Å². The van der Waals surface area contributed by atoms with Gasteiger partial charge in [0.2, 0.25) is 10.0 Å². The maximum absolute atomic E-state index is 13.6. The number of nitrogens with one attached hydrogen (secondary N) is 1. The van der Waals surface area contributed by atoms with Crippen LogP contribution in [0.2, 0.25) is 0 Å². The number of hydrogen-bond acceptors (Lipinski definition) is 5. The fourth-order valence-corrected chi connectivity index (χ4v) is 6.94. The monoisotopic (exact) mass is 543 g/mol. The SMILES string of the molecule is COc1c(C(=O)NC2CC3CCC(C2)N3Cc2ccccc2)cc(S(=O)(=O)N(C)C)c2ccccc12.Cl. The number of amides is 1. The number of nitrogens with zero attached hydrogens (tertiary/aromatic N) is 2. The molecule has 0 aliphatic carbocycles. The van der Waals surface area contributed by atoms with Crippen molar-refractivity contribution in [3.05, 3.63) is 71.8 Å². The maximum Gasteiger partial charge on any atom is 0.255 e. The van der Waals surface area contributed by atoms with Crippen molar-refractivity contribution in [3.63, 3.8) is 0 Å². The number of ether oxygens (including phenoxy) is 1. The van der Waals surface area contributed by atoms with Crippen LogP contribution in [0.3, 0.4) is 0 Å². The molecule has 2 unspecified atom stereocenters. The average Bonchev–Trinajstić information content (AvgIpc) is 3.10. The van der Waals surface area contributed by atoms with Crippen molar-refractivity contribution in [1.82, 2.24) is 14.5 Å². The molecule has 0 radical (unpaired) electrons. The molecule has 2 saturated heterocycles. The van der Waals surface area contributed by atoms with Crippen LogP contribution >= 0.6 is 12.4 Å². The first-order valence-corrected chi connectivity index (χ1v) is 13.9. The molecule has 0 spiro atoms. The molecule has 7 nitrogen and oxygen atoms in total. The molecule has 1 amide bonds. The molecule has 0 saturated carbocycles. The first kappa shape index (κ1) is 27.4. The number of sulfonamides is 1. The second kappa shape index (κ2) is 11.0. The second-order valence-electron chi connectivity index (χ2n) is 9.97. The third-order valence-electron chi connectivity index (χ3n) is 7.59. The Balaban J connectivity index is 0.00000320. The van der Waals surface area contributed by atoms with Crippen LogP contribution in [0.25, 0.3) is 10.8 Å². The van der Waals surface area contributed by atoms with Gasteiger partial charge in [-0.15, -0.1) is 12.4 Å². The Kier molecular flexibility index (Phi) is 8.14. The Morgan fingerprint density at radius 1 is 1.00 bits per heavy atom. The van der Waals surface area contributed by atoms with Crippen molar-refractivity contribution >= 4 is 39.1 Å². The zero-order valence-electron chi connectivity index (χ0n) is 21.4. The zero-order chi connectivity index (χ0) is 25.4. The van der Waals surface area contributed by atoms with E-state index in [2.05, 4.69) is 34.5 Å². The van der Waals surface area contributed by atoms with E-state index in [0.717, 1.165) is 32.2 Å². The molecule has 2 atom stereocenters. The van der Waals surface area contributed by atoms with E-state index >= 15 is 0 Å². The summed E-state index contributed by atoms with van der Waals surface area (Å²) in [5.41, 5.74) is 1.56. The van der Waals surface area contributed by atoms with Gasteiger partial charge in [-0.3, -0.25) is 9.69 Å². The standard InChI is InChI=1S/C28H33N3O4S.ClH/c1-30(2)36(33,34)26-17-25(27(35-3)24-12-8-7-11-23(24)26)28(32)29-20-15-21-13-14-22(16-20)31(21)18-19-9-5-4-6-10-19;/h4-12,17,20-22H,13-16,18H2,1-3H3,(H,29,32);1H. The van der Waals surface area contributed by atoms with Gasteiger partial charge in [0.25, 0.3) is 5.91 Å². The molecule has 9 heteroatoms. The van der Waals surface area contributed by atoms with E-state index in [9.17, 15) is 13.2 Å². The molecule has 1 N–H and O–H groups in total. The lowest BCUT2D eigenvalue weighted by Crippen LogP contribution is -2.50. The summed E-state index contributed by atoms with van der Waals surface area (Å²) >= 11 is 0. The van der Waals surface area contributed by atoms with Gasteiger partial charge < -0.3 is 10.1 Å². The Bertz CT molecular complexity index is 1370. The minimum atomic E-state index is -3.77. The highest BCUT2D eigenvalue weighted by Gasteiger charge is 2.41. The van der Waals surface area contributed by atoms with Crippen LogP contribution < -0.4 is 10.1 Å². The minimum absolute atomic E-state index is 0. The van der Waals surface area contributed by atoms with E-state index in [0.29, 0.717) is 28.6 Å². The van der Waals surface area contributed by atoms with Gasteiger partial charge in [-0.25, -0.2) is 12.7 Å². The number of benzene rings is 3. The van der Waals surface area contributed by atoms with Gasteiger partial charge in [-0.2, -0.15) is 0 Å². The molecule has 2 aliphatic heterocycles. The summed E-state index contributed by atoms with van der Waals surface area (Å²) in [6.07, 6.45) is 4.03. The van der Waals surface area contributed by atoms with Crippen LogP contribution in [0.1, 0.15) is 41.6 Å². The molecular weight excluding hydrogens is 510 g/mol. The zero-order valence-corrected chi connectivity index (χ0v) is 23.0. The summed E-state index contributed by atoms with van der Waals surface area (Å²) in [4.78, 5) is 16.3. The Morgan fingerprint density at radius 2 is 1.59 bits per heavy atom. The number of fused-ring (bicyclic) bond motifs is 3. The van der Waals surface area contributed by atoms with E-state index in [1.54, 1.807) is 18.2 Å². The third kappa shape index (κ3) is 5.21. The molecule has 5 rings (SSSR count). The molecule has 2 heterocycles. The van der Waals surface area contributed by atoms with Gasteiger partial charge in [0.15, 0.2) is 0 Å². The Morgan fingerprint density at radius 3 is 2.19 bits per heavy atom. The molecule has 2 aliphatic rings. The lowest BCUT2D eigenvalue weighted by Gasteiger charge is -2.39. The first-order chi connectivity index (χ1) is 17.3. The number of carbonyl (C=O) groups is 1. The molecule has 0 aromatic heterocycles. The van der Waals surface area contributed by atoms with E-state index in [-0.39, 0.29) is 34.8 Å². The first-order valence-electron chi connectivity index (χ1n) is 12.4. The predicted molar refractivity (Wildman–Crippen MR) is 148 cm³/mol. The average molecular weight is 544 g/mol. The van der Waals surface area contributed by atoms with E-state index in [4.69, 9.17) is 4.74 Å². The molecule has 198 valence electrons. The summed E-state index contributed by atoms with van der Waals surface area (Å²) in [6.45, 7) is 0.932. The van der Waals surface area contributed by atoms with Crippen LogP contribution in [0.4, 0.5) is 0 Å². The highest BCUT2D eigenvalue weighted by Crippen LogP contribution is 2.38. The van der Waals surface area contributed by atoms with Gasteiger partial charge in [-0.05, 0) is 37.3 Å². The fraction of sp³-hybridized carbons (Fsp3) is 0.393. The summed E-state index contributed by atoms with van der Waals surface area (Å²) in [5, 5.41) is 4.35. The maximum atomic E-state index is 13.6. The van der Waals surface area contributed by atoms with Gasteiger partial charge in [0.1, 0.15) is 5.75 Å². The van der Waals surface area contributed by atoms with Crippen LogP contribution in [0.5, 0.6) is 5.75 Å². The van der Waals surface area contributed by atoms with Crippen molar-refractivity contribution in [2.75, 3.05) is 21.2 Å². The highest BCUT2D eigenvalue weighted by atomic mass is 35.5. The largest absolute Gasteiger partial charge is 0.495 e. The van der Waals surface area contributed by atoms with Gasteiger partial charge in [0, 0.05) is 49.5 Å². The topological polar surface area (TPSA) is 79.0 Å². The van der Waals surface area contributed by atoms with Gasteiger partial charge in [-0.1, -0.05) is 54.6 Å². The van der Waals surface area contributed by atoms with Crippen molar-refractivity contribution in [2.24, 2.45) is 0 Å². The number of hydrogen-bond donors (Lipinski definition) is 1. The summed E-state index contributed by atoms with van der Waals surface area (Å²) in [7, 11) is 0.730. The van der Waals surface area contributed by atoms with Gasteiger partial charge >= 0.3 is 0 Å². The summed E-state index contributed by atoms with van der Waals surface area (Å²) in [5.74, 6) is 0.0963. The third-order valence-corrected chi connectivity index (χ3v) is 9.45. The second-order valence-corrected chi connectivity index (χ2v) is 12.1. The molecule has 2 fully saturated rings. The lowest BCUT2D eigenvalue weighted by molar-refractivity contribution is 0.0825. The van der Waals surface area contributed by atoms with Crippen molar-refractivity contribution < 1.29 is 17.9 Å². The van der Waals surface area contributed by atoms with Crippen LogP contribution in [-0.4, -0.2) is 62.9 Å². The minimum Gasteiger partial charge on any atom is -0.495 e. The van der Waals surface area contributed by atoms with Crippen LogP contribution in [-0.2, 0) is 16.6 Å². The number of rotatable bonds is 7. The van der Waals surface area contributed by atoms with E-state index < -0.39 is 10.0 Å². The Labute approximate surface area is 225 Å². The van der Waals surface area contributed by atoms with Crippen molar-refractivity contribution in [1.29, 1.82) is 0 Å². The van der Waals surface area contributed by atoms with Gasteiger partial charge in [0.05, 0.1) is 17.6 Å². The van der Waals surface area contributed by atoms with E-state index in [1.807, 2.05) is 12.1 Å². The highest BCUT2D eigenvalue weighted by molar-refractivity contribution is 7.89. The smallest absolute Gasteiger partial charge is 0.255 e. The Hall–Kier alpha value is -2.65. The number of methoxy groups -OCH3 is 1. The fourth-order valence-electron chi connectivity index (χ4n) is 5.82. The molecule has 3 aromatic carbocycles. The van der Waals surface area contributed by atoms with Crippen molar-refractivity contribution in [2.45, 2.75) is 55.2 Å². The predicted octanol–water partition coefficient (Wildman–Crippen LogP) is 4.45. The molecule has 2 bridgehead atoms. The van der Waals surface area contributed by atoms with Crippen molar-refractivity contribution in [3.8, 4) is 5.75 Å². The van der Waals surface area contributed by atoms with Crippen LogP contribution in [0, 0.1) is 0 Å². The number of piperidine rings is 1. The molecule has 3 aromatic rings. The number of halogens is 1. The molecule has 37 heavy (non-hydrogen) atoms. The molecular formula is C28H34ClN3O4S. The number of carbonyl (C=O) groups excluding carboxylic acids is 1. The summed E-state index contributed by atoms with van der Waals surface area (Å²) < 4.78 is 33.1. The summed E-state index contributed by atoms with van der Waals surface area (Å²) in [6, 6.07) is 20.0. The normalized spacial score (nSPS) is 21.6. The quantitative estimate of drug-likeness (QED) is 0.476.